The summed E-state index contributed by atoms with van der Waals surface area (Å²) in [7, 11) is 0. The molecule has 0 saturated heterocycles. The number of hydrogen-bond acceptors (Lipinski definition) is 3. The first kappa shape index (κ1) is 13.9. The molecule has 1 N–H and O–H groups in total. The highest BCUT2D eigenvalue weighted by Gasteiger charge is 2.19. The molecule has 1 aromatic heterocycles. The molecule has 4 heteroatoms. The Kier molecular flexibility index (Phi) is 4.04. The number of pyridine rings is 1. The van der Waals surface area contributed by atoms with E-state index in [9.17, 15) is 4.39 Å². The normalized spacial score (nSPS) is 13.3. The third-order valence-corrected chi connectivity index (χ3v) is 3.79. The number of halogens is 1. The molecule has 0 bridgehead atoms. The van der Waals surface area contributed by atoms with E-state index < -0.39 is 0 Å². The van der Waals surface area contributed by atoms with Crippen molar-refractivity contribution in [1.82, 2.24) is 4.98 Å². The molecule has 0 amide bonds. The molecule has 3 nitrogen and oxygen atoms in total. The van der Waals surface area contributed by atoms with Crippen LogP contribution >= 0.6 is 0 Å². The fourth-order valence-electron chi connectivity index (χ4n) is 2.73. The molecule has 0 radical (unpaired) electrons. The predicted molar refractivity (Wildman–Crippen MR) is 84.2 cm³/mol. The van der Waals surface area contributed by atoms with Crippen LogP contribution in [-0.2, 0) is 13.0 Å². The molecular formula is C17H20FN3. The molecular weight excluding hydrogens is 265 g/mol. The zero-order valence-electron chi connectivity index (χ0n) is 12.3. The van der Waals surface area contributed by atoms with E-state index in [1.165, 1.54) is 11.1 Å². The number of anilines is 2. The SMILES string of the molecule is CCCNc1cc(CN2CCc3ccc(F)cc32)ccn1. The van der Waals surface area contributed by atoms with Crippen molar-refractivity contribution in [3.63, 3.8) is 0 Å². The number of benzene rings is 1. The smallest absolute Gasteiger partial charge is 0.126 e. The Morgan fingerprint density at radius 2 is 2.19 bits per heavy atom. The highest BCUT2D eigenvalue weighted by molar-refractivity contribution is 5.58. The highest BCUT2D eigenvalue weighted by atomic mass is 19.1. The largest absolute Gasteiger partial charge is 0.370 e. The Balaban J connectivity index is 1.75. The lowest BCUT2D eigenvalue weighted by Crippen LogP contribution is -2.20. The maximum atomic E-state index is 13.4. The topological polar surface area (TPSA) is 28.2 Å². The molecule has 110 valence electrons. The van der Waals surface area contributed by atoms with E-state index in [-0.39, 0.29) is 5.82 Å². The number of nitrogens with one attached hydrogen (secondary N) is 1. The third-order valence-electron chi connectivity index (χ3n) is 3.79. The van der Waals surface area contributed by atoms with Gasteiger partial charge in [-0.05, 0) is 48.2 Å². The van der Waals surface area contributed by atoms with Gasteiger partial charge in [-0.2, -0.15) is 0 Å². The summed E-state index contributed by atoms with van der Waals surface area (Å²) < 4.78 is 13.4. The maximum absolute atomic E-state index is 13.4. The lowest BCUT2D eigenvalue weighted by Gasteiger charge is -2.20. The zero-order valence-corrected chi connectivity index (χ0v) is 12.3. The van der Waals surface area contributed by atoms with Crippen molar-refractivity contribution in [2.75, 3.05) is 23.3 Å². The van der Waals surface area contributed by atoms with Gasteiger partial charge in [-0.15, -0.1) is 0 Å². The fraction of sp³-hybridized carbons (Fsp3) is 0.353. The molecule has 3 rings (SSSR count). The van der Waals surface area contributed by atoms with Crippen LogP contribution < -0.4 is 10.2 Å². The van der Waals surface area contributed by atoms with E-state index in [4.69, 9.17) is 0 Å². The Morgan fingerprint density at radius 3 is 3.05 bits per heavy atom. The van der Waals surface area contributed by atoms with E-state index in [0.717, 1.165) is 44.0 Å². The predicted octanol–water partition coefficient (Wildman–Crippen LogP) is 3.61. The number of fused-ring (bicyclic) bond motifs is 1. The van der Waals surface area contributed by atoms with Crippen LogP contribution in [0.2, 0.25) is 0 Å². The van der Waals surface area contributed by atoms with E-state index in [2.05, 4.69) is 28.2 Å². The average molecular weight is 285 g/mol. The lowest BCUT2D eigenvalue weighted by molar-refractivity contribution is 0.627. The van der Waals surface area contributed by atoms with Gasteiger partial charge in [0, 0.05) is 31.5 Å². The minimum atomic E-state index is -0.166. The molecule has 0 spiro atoms. The summed E-state index contributed by atoms with van der Waals surface area (Å²) in [6.07, 6.45) is 3.89. The molecule has 0 atom stereocenters. The molecule has 1 aliphatic heterocycles. The van der Waals surface area contributed by atoms with Gasteiger partial charge in [0.25, 0.3) is 0 Å². The van der Waals surface area contributed by atoms with Crippen LogP contribution in [0.25, 0.3) is 0 Å². The first-order valence-corrected chi connectivity index (χ1v) is 7.48. The highest BCUT2D eigenvalue weighted by Crippen LogP contribution is 2.30. The second-order valence-electron chi connectivity index (χ2n) is 5.42. The van der Waals surface area contributed by atoms with Crippen molar-refractivity contribution in [3.8, 4) is 0 Å². The van der Waals surface area contributed by atoms with Crippen molar-refractivity contribution >= 4 is 11.5 Å². The summed E-state index contributed by atoms with van der Waals surface area (Å²) in [4.78, 5) is 6.55. The minimum absolute atomic E-state index is 0.166. The second-order valence-corrected chi connectivity index (χ2v) is 5.42. The molecule has 1 aromatic carbocycles. The maximum Gasteiger partial charge on any atom is 0.126 e. The lowest BCUT2D eigenvalue weighted by atomic mass is 10.1. The van der Waals surface area contributed by atoms with Gasteiger partial charge in [-0.3, -0.25) is 0 Å². The molecule has 0 saturated carbocycles. The number of rotatable bonds is 5. The van der Waals surface area contributed by atoms with Crippen molar-refractivity contribution in [2.24, 2.45) is 0 Å². The zero-order chi connectivity index (χ0) is 14.7. The summed E-state index contributed by atoms with van der Waals surface area (Å²) in [5.74, 6) is 0.744. The van der Waals surface area contributed by atoms with Crippen LogP contribution in [0.3, 0.4) is 0 Å². The van der Waals surface area contributed by atoms with Crippen LogP contribution in [0.1, 0.15) is 24.5 Å². The standard InChI is InChI=1S/C17H20FN3/c1-2-7-19-17-10-13(5-8-20-17)12-21-9-6-14-3-4-15(18)11-16(14)21/h3-5,8,10-11H,2,6-7,9,12H2,1H3,(H,19,20). The molecule has 0 aliphatic carbocycles. The van der Waals surface area contributed by atoms with Crippen LogP contribution in [0, 0.1) is 5.82 Å². The van der Waals surface area contributed by atoms with Gasteiger partial charge in [-0.25, -0.2) is 9.37 Å². The molecule has 0 fully saturated rings. The molecule has 2 aromatic rings. The number of aromatic nitrogens is 1. The average Bonchev–Trinajstić information content (AvgIpc) is 2.88. The van der Waals surface area contributed by atoms with Crippen LogP contribution in [0.5, 0.6) is 0 Å². The van der Waals surface area contributed by atoms with Crippen molar-refractivity contribution < 1.29 is 4.39 Å². The van der Waals surface area contributed by atoms with Gasteiger partial charge < -0.3 is 10.2 Å². The van der Waals surface area contributed by atoms with Gasteiger partial charge in [0.2, 0.25) is 0 Å². The molecule has 2 heterocycles. The summed E-state index contributed by atoms with van der Waals surface area (Å²) in [5, 5.41) is 3.30. The van der Waals surface area contributed by atoms with Crippen LogP contribution in [0.4, 0.5) is 15.9 Å². The minimum Gasteiger partial charge on any atom is -0.370 e. The molecule has 0 unspecified atom stereocenters. The summed E-state index contributed by atoms with van der Waals surface area (Å²) in [5.41, 5.74) is 3.45. The van der Waals surface area contributed by atoms with E-state index in [1.807, 2.05) is 18.3 Å². The number of hydrogen-bond donors (Lipinski definition) is 1. The van der Waals surface area contributed by atoms with Crippen LogP contribution in [0.15, 0.2) is 36.5 Å². The summed E-state index contributed by atoms with van der Waals surface area (Å²) in [6, 6.07) is 9.17. The van der Waals surface area contributed by atoms with E-state index in [1.54, 1.807) is 12.1 Å². The van der Waals surface area contributed by atoms with Crippen LogP contribution in [-0.4, -0.2) is 18.1 Å². The third kappa shape index (κ3) is 3.15. The van der Waals surface area contributed by atoms with Crippen molar-refractivity contribution in [3.05, 3.63) is 53.5 Å². The van der Waals surface area contributed by atoms with E-state index in [0.29, 0.717) is 0 Å². The monoisotopic (exact) mass is 285 g/mol. The molecule has 21 heavy (non-hydrogen) atoms. The first-order valence-electron chi connectivity index (χ1n) is 7.48. The van der Waals surface area contributed by atoms with Gasteiger partial charge in [0.1, 0.15) is 11.6 Å². The van der Waals surface area contributed by atoms with Crippen molar-refractivity contribution in [1.29, 1.82) is 0 Å². The van der Waals surface area contributed by atoms with Gasteiger partial charge >= 0.3 is 0 Å². The van der Waals surface area contributed by atoms with Gasteiger partial charge in [0.05, 0.1) is 0 Å². The Hall–Kier alpha value is -2.10. The quantitative estimate of drug-likeness (QED) is 0.909. The van der Waals surface area contributed by atoms with E-state index >= 15 is 0 Å². The van der Waals surface area contributed by atoms with Gasteiger partial charge in [0.15, 0.2) is 0 Å². The Bertz CT molecular complexity index is 627. The molecule has 1 aliphatic rings. The first-order chi connectivity index (χ1) is 10.3. The van der Waals surface area contributed by atoms with Gasteiger partial charge in [-0.1, -0.05) is 13.0 Å². The fourth-order valence-corrected chi connectivity index (χ4v) is 2.73. The summed E-state index contributed by atoms with van der Waals surface area (Å²) in [6.45, 7) is 4.79. The second kappa shape index (κ2) is 6.12. The van der Waals surface area contributed by atoms with Crippen molar-refractivity contribution in [2.45, 2.75) is 26.3 Å². The Morgan fingerprint density at radius 1 is 1.29 bits per heavy atom. The number of nitrogens with zero attached hydrogens (tertiary/aromatic N) is 2. The summed E-state index contributed by atoms with van der Waals surface area (Å²) >= 11 is 0. The Labute approximate surface area is 124 Å².